The summed E-state index contributed by atoms with van der Waals surface area (Å²) in [6.07, 6.45) is 3.46. The van der Waals surface area contributed by atoms with Crippen LogP contribution in [-0.2, 0) is 9.59 Å². The Balaban J connectivity index is 0.00000312. The van der Waals surface area contributed by atoms with Crippen molar-refractivity contribution in [1.29, 1.82) is 0 Å². The van der Waals surface area contributed by atoms with Gasteiger partial charge in [-0.25, -0.2) is 0 Å². The van der Waals surface area contributed by atoms with E-state index in [0.717, 1.165) is 30.6 Å². The highest BCUT2D eigenvalue weighted by molar-refractivity contribution is 5.94. The molecule has 1 aliphatic carbocycles. The number of hydrogen-bond donors (Lipinski definition) is 3. The molecule has 6 nitrogen and oxygen atoms in total. The first-order chi connectivity index (χ1) is 11.5. The summed E-state index contributed by atoms with van der Waals surface area (Å²) >= 11 is 0. The zero-order chi connectivity index (χ0) is 17.5. The van der Waals surface area contributed by atoms with Crippen LogP contribution in [-0.4, -0.2) is 43.9 Å². The summed E-state index contributed by atoms with van der Waals surface area (Å²) in [4.78, 5) is 26.1. The molecule has 2 atom stereocenters. The molecule has 0 unspecified atom stereocenters. The van der Waals surface area contributed by atoms with Crippen molar-refractivity contribution in [2.45, 2.75) is 25.7 Å². The van der Waals surface area contributed by atoms with Gasteiger partial charge in [0.25, 0.3) is 0 Å². The Hall–Kier alpha value is -1.34. The number of hydrogen-bond acceptors (Lipinski definition) is 4. The Labute approximate surface area is 168 Å². The van der Waals surface area contributed by atoms with Crippen LogP contribution in [0.4, 0.5) is 11.4 Å². The first-order valence-corrected chi connectivity index (χ1v) is 8.55. The highest BCUT2D eigenvalue weighted by atomic mass is 35.5. The predicted molar refractivity (Wildman–Crippen MR) is 111 cm³/mol. The van der Waals surface area contributed by atoms with Crippen molar-refractivity contribution < 1.29 is 9.59 Å². The zero-order valence-electron chi connectivity index (χ0n) is 15.4. The Morgan fingerprint density at radius 2 is 1.65 bits per heavy atom. The topological polar surface area (TPSA) is 87.5 Å². The van der Waals surface area contributed by atoms with Gasteiger partial charge in [-0.15, -0.1) is 24.8 Å². The lowest BCUT2D eigenvalue weighted by molar-refractivity contribution is -0.120. The molecule has 0 aromatic heterocycles. The van der Waals surface area contributed by atoms with Crippen LogP contribution < -0.4 is 16.4 Å². The third-order valence-electron chi connectivity index (χ3n) is 4.52. The van der Waals surface area contributed by atoms with E-state index in [0.29, 0.717) is 25.4 Å². The highest BCUT2D eigenvalue weighted by Gasteiger charge is 2.31. The molecule has 2 amide bonds. The van der Waals surface area contributed by atoms with Gasteiger partial charge >= 0.3 is 0 Å². The molecule has 0 spiro atoms. The van der Waals surface area contributed by atoms with E-state index in [4.69, 9.17) is 5.73 Å². The maximum atomic E-state index is 12.4. The van der Waals surface area contributed by atoms with Gasteiger partial charge in [-0.2, -0.15) is 0 Å². The Bertz CT molecular complexity index is 567. The quantitative estimate of drug-likeness (QED) is 0.651. The van der Waals surface area contributed by atoms with Gasteiger partial charge in [0.2, 0.25) is 11.8 Å². The molecule has 148 valence electrons. The summed E-state index contributed by atoms with van der Waals surface area (Å²) in [6.45, 7) is 1.28. The maximum absolute atomic E-state index is 12.4. The number of benzene rings is 1. The van der Waals surface area contributed by atoms with E-state index in [2.05, 4.69) is 10.6 Å². The molecule has 0 saturated heterocycles. The molecule has 0 aliphatic heterocycles. The molecule has 0 radical (unpaired) electrons. The minimum absolute atomic E-state index is 0. The van der Waals surface area contributed by atoms with Crippen LogP contribution in [0.5, 0.6) is 0 Å². The number of nitrogens with one attached hydrogen (secondary N) is 2. The standard InChI is InChI=1S/C18H28N4O2.2ClH/c1-22(2)11-10-17(23)20-14-6-8-15(9-7-14)21-18(24)16-5-3-4-13(16)12-19;;/h6-9,13,16H,3-5,10-12,19H2,1-2H3,(H,20,23)(H,21,24);2*1H/t13-,16-;;/m1../s1. The van der Waals surface area contributed by atoms with Crippen LogP contribution in [0.1, 0.15) is 25.7 Å². The third-order valence-corrected chi connectivity index (χ3v) is 4.52. The Kier molecular flexibility index (Phi) is 11.5. The van der Waals surface area contributed by atoms with E-state index in [1.807, 2.05) is 31.1 Å². The summed E-state index contributed by atoms with van der Waals surface area (Å²) in [7, 11) is 3.87. The van der Waals surface area contributed by atoms with E-state index in [1.165, 1.54) is 0 Å². The molecule has 0 heterocycles. The summed E-state index contributed by atoms with van der Waals surface area (Å²) in [5.41, 5.74) is 7.22. The fraction of sp³-hybridized carbons (Fsp3) is 0.556. The van der Waals surface area contributed by atoms with Gasteiger partial charge < -0.3 is 21.3 Å². The Morgan fingerprint density at radius 1 is 1.08 bits per heavy atom. The average molecular weight is 405 g/mol. The zero-order valence-corrected chi connectivity index (χ0v) is 17.0. The van der Waals surface area contributed by atoms with Crippen molar-refractivity contribution in [1.82, 2.24) is 4.90 Å². The number of rotatable bonds is 7. The molecular formula is C18H30Cl2N4O2. The Morgan fingerprint density at radius 3 is 2.19 bits per heavy atom. The number of nitrogens with zero attached hydrogens (tertiary/aromatic N) is 1. The summed E-state index contributed by atoms with van der Waals surface area (Å²) in [5, 5.41) is 5.81. The van der Waals surface area contributed by atoms with Crippen LogP contribution in [0.15, 0.2) is 24.3 Å². The minimum atomic E-state index is -0.0165. The second kappa shape index (κ2) is 12.1. The van der Waals surface area contributed by atoms with E-state index in [1.54, 1.807) is 12.1 Å². The largest absolute Gasteiger partial charge is 0.330 e. The summed E-state index contributed by atoms with van der Waals surface area (Å²) in [5.74, 6) is 0.337. The van der Waals surface area contributed by atoms with Crippen LogP contribution in [0.25, 0.3) is 0 Å². The van der Waals surface area contributed by atoms with Crippen molar-refractivity contribution in [2.75, 3.05) is 37.8 Å². The number of halogens is 2. The lowest BCUT2D eigenvalue weighted by Gasteiger charge is -2.17. The van der Waals surface area contributed by atoms with E-state index in [9.17, 15) is 9.59 Å². The van der Waals surface area contributed by atoms with E-state index >= 15 is 0 Å². The average Bonchev–Trinajstić information content (AvgIpc) is 3.03. The van der Waals surface area contributed by atoms with Gasteiger partial charge in [0, 0.05) is 30.3 Å². The van der Waals surface area contributed by atoms with E-state index < -0.39 is 0 Å². The van der Waals surface area contributed by atoms with Crippen LogP contribution in [0, 0.1) is 11.8 Å². The SMILES string of the molecule is CN(C)CCC(=O)Nc1ccc(NC(=O)[C@@H]2CCC[C@@H]2CN)cc1.Cl.Cl. The second-order valence-corrected chi connectivity index (χ2v) is 6.70. The molecule has 1 saturated carbocycles. The highest BCUT2D eigenvalue weighted by Crippen LogP contribution is 2.31. The molecule has 26 heavy (non-hydrogen) atoms. The number of nitrogens with two attached hydrogens (primary N) is 1. The number of amides is 2. The molecule has 2 rings (SSSR count). The first-order valence-electron chi connectivity index (χ1n) is 8.55. The van der Waals surface area contributed by atoms with Crippen molar-refractivity contribution in [3.8, 4) is 0 Å². The molecule has 8 heteroatoms. The van der Waals surface area contributed by atoms with Crippen LogP contribution >= 0.6 is 24.8 Å². The van der Waals surface area contributed by atoms with Crippen LogP contribution in [0.2, 0.25) is 0 Å². The van der Waals surface area contributed by atoms with Crippen LogP contribution in [0.3, 0.4) is 0 Å². The van der Waals surface area contributed by atoms with E-state index in [-0.39, 0.29) is 42.5 Å². The second-order valence-electron chi connectivity index (χ2n) is 6.70. The smallest absolute Gasteiger partial charge is 0.227 e. The van der Waals surface area contributed by atoms with Gasteiger partial charge in [-0.3, -0.25) is 9.59 Å². The minimum Gasteiger partial charge on any atom is -0.330 e. The number of anilines is 2. The lowest BCUT2D eigenvalue weighted by Crippen LogP contribution is -2.29. The third kappa shape index (κ3) is 7.50. The predicted octanol–water partition coefficient (Wildman–Crippen LogP) is 2.73. The molecule has 4 N–H and O–H groups in total. The molecule has 1 aromatic rings. The molecule has 1 aromatic carbocycles. The van der Waals surface area contributed by atoms with Crippen molar-refractivity contribution in [3.05, 3.63) is 24.3 Å². The summed E-state index contributed by atoms with van der Waals surface area (Å²) in [6, 6.07) is 7.23. The van der Waals surface area contributed by atoms with Gasteiger partial charge in [0.1, 0.15) is 0 Å². The lowest BCUT2D eigenvalue weighted by atomic mass is 9.95. The maximum Gasteiger partial charge on any atom is 0.227 e. The molecular weight excluding hydrogens is 375 g/mol. The fourth-order valence-corrected chi connectivity index (χ4v) is 3.08. The fourth-order valence-electron chi connectivity index (χ4n) is 3.08. The monoisotopic (exact) mass is 404 g/mol. The van der Waals surface area contributed by atoms with Gasteiger partial charge in [-0.05, 0) is 63.7 Å². The molecule has 0 bridgehead atoms. The molecule has 1 aliphatic rings. The van der Waals surface area contributed by atoms with Gasteiger partial charge in [0.15, 0.2) is 0 Å². The summed E-state index contributed by atoms with van der Waals surface area (Å²) < 4.78 is 0. The van der Waals surface area contributed by atoms with Crippen molar-refractivity contribution >= 4 is 48.0 Å². The first kappa shape index (κ1) is 24.7. The normalized spacial score (nSPS) is 18.6. The van der Waals surface area contributed by atoms with Crippen molar-refractivity contribution in [2.24, 2.45) is 17.6 Å². The number of carbonyl (C=O) groups is 2. The molecule has 1 fully saturated rings. The van der Waals surface area contributed by atoms with Crippen molar-refractivity contribution in [3.63, 3.8) is 0 Å². The van der Waals surface area contributed by atoms with Gasteiger partial charge in [0.05, 0.1) is 0 Å². The van der Waals surface area contributed by atoms with Gasteiger partial charge in [-0.1, -0.05) is 6.42 Å². The number of carbonyl (C=O) groups excluding carboxylic acids is 2.